The Hall–Kier alpha value is -5.03. The second kappa shape index (κ2) is 13.2. The van der Waals surface area contributed by atoms with Gasteiger partial charge in [-0.05, 0) is 78.9 Å². The molecule has 3 amide bonds. The zero-order valence-corrected chi connectivity index (χ0v) is 27.5. The predicted octanol–water partition coefficient (Wildman–Crippen LogP) is 5.46. The number of alkyl carbamates (subject to hydrolysis) is 1. The molecule has 3 atom stereocenters. The lowest BCUT2D eigenvalue weighted by atomic mass is 9.99. The van der Waals surface area contributed by atoms with Gasteiger partial charge in [0.2, 0.25) is 5.91 Å². The van der Waals surface area contributed by atoms with Gasteiger partial charge in [0, 0.05) is 36.1 Å². The van der Waals surface area contributed by atoms with Gasteiger partial charge in [0.25, 0.3) is 5.91 Å². The number of likely N-dealkylation sites (tertiary alicyclic amines) is 1. The Morgan fingerprint density at radius 3 is 2.60 bits per heavy atom. The monoisotopic (exact) mass is 647 g/mol. The number of methoxy groups -OCH3 is 1. The number of benzene rings is 3. The van der Waals surface area contributed by atoms with Crippen LogP contribution in [0.25, 0.3) is 43.8 Å². The van der Waals surface area contributed by atoms with Crippen molar-refractivity contribution in [2.24, 2.45) is 5.92 Å². The van der Waals surface area contributed by atoms with E-state index >= 15 is 0 Å². The lowest BCUT2D eigenvalue weighted by Crippen LogP contribution is -2.54. The van der Waals surface area contributed by atoms with E-state index in [0.717, 1.165) is 75.5 Å². The lowest BCUT2D eigenvalue weighted by molar-refractivity contribution is -0.135. The molecule has 2 aliphatic heterocycles. The van der Waals surface area contributed by atoms with Crippen LogP contribution in [-0.2, 0) is 9.53 Å². The first-order valence-corrected chi connectivity index (χ1v) is 16.8. The van der Waals surface area contributed by atoms with Crippen molar-refractivity contribution in [3.63, 3.8) is 0 Å². The van der Waals surface area contributed by atoms with Crippen LogP contribution in [0, 0.1) is 5.92 Å². The first-order valence-electron chi connectivity index (χ1n) is 16.8. The molecule has 11 heteroatoms. The first-order chi connectivity index (χ1) is 23.3. The van der Waals surface area contributed by atoms with Gasteiger partial charge in [-0.25, -0.2) is 9.78 Å². The largest absolute Gasteiger partial charge is 0.453 e. The minimum Gasteiger partial charge on any atom is -0.453 e. The number of hydrogen-bond acceptors (Lipinski definition) is 7. The number of nitrogens with one attached hydrogen (secondary N) is 4. The molecule has 48 heavy (non-hydrogen) atoms. The first kappa shape index (κ1) is 31.6. The van der Waals surface area contributed by atoms with Gasteiger partial charge in [0.1, 0.15) is 11.9 Å². The summed E-state index contributed by atoms with van der Waals surface area (Å²) in [5.41, 5.74) is 5.43. The molecule has 0 aliphatic carbocycles. The number of amides is 3. The molecule has 4 heterocycles. The Balaban J connectivity index is 1.04. The van der Waals surface area contributed by atoms with Gasteiger partial charge < -0.3 is 30.6 Å². The van der Waals surface area contributed by atoms with Crippen LogP contribution < -0.4 is 16.0 Å². The van der Waals surface area contributed by atoms with Crippen LogP contribution >= 0.6 is 0 Å². The van der Waals surface area contributed by atoms with Gasteiger partial charge in [-0.3, -0.25) is 14.6 Å². The van der Waals surface area contributed by atoms with Gasteiger partial charge in [-0.1, -0.05) is 44.2 Å². The maximum atomic E-state index is 13.3. The summed E-state index contributed by atoms with van der Waals surface area (Å²) in [6, 6.07) is 18.1. The van der Waals surface area contributed by atoms with Gasteiger partial charge in [-0.2, -0.15) is 0 Å². The van der Waals surface area contributed by atoms with Crippen molar-refractivity contribution in [1.82, 2.24) is 35.8 Å². The van der Waals surface area contributed by atoms with E-state index in [2.05, 4.69) is 62.3 Å². The van der Waals surface area contributed by atoms with Crippen molar-refractivity contribution >= 4 is 50.6 Å². The molecule has 7 rings (SSSR count). The average molecular weight is 648 g/mol. The number of H-pyrrole nitrogens is 1. The number of hydrogen-bond donors (Lipinski definition) is 4. The Kier molecular flexibility index (Phi) is 8.70. The smallest absolute Gasteiger partial charge is 0.407 e. The summed E-state index contributed by atoms with van der Waals surface area (Å²) >= 11 is 0. The van der Waals surface area contributed by atoms with E-state index in [4.69, 9.17) is 9.72 Å². The number of fused-ring (bicyclic) bond motifs is 4. The van der Waals surface area contributed by atoms with Crippen LogP contribution in [-0.4, -0.2) is 76.6 Å². The third-order valence-corrected chi connectivity index (χ3v) is 9.71. The van der Waals surface area contributed by atoms with Crippen molar-refractivity contribution < 1.29 is 19.1 Å². The fraction of sp³-hybridized carbons (Fsp3) is 0.378. The molecule has 2 aliphatic rings. The highest BCUT2D eigenvalue weighted by atomic mass is 16.5. The van der Waals surface area contributed by atoms with E-state index in [9.17, 15) is 14.4 Å². The van der Waals surface area contributed by atoms with Crippen molar-refractivity contribution in [1.29, 1.82) is 0 Å². The Morgan fingerprint density at radius 2 is 1.81 bits per heavy atom. The molecule has 5 aromatic rings. The van der Waals surface area contributed by atoms with Gasteiger partial charge >= 0.3 is 6.09 Å². The highest BCUT2D eigenvalue weighted by Crippen LogP contribution is 2.32. The van der Waals surface area contributed by atoms with E-state index < -0.39 is 12.1 Å². The summed E-state index contributed by atoms with van der Waals surface area (Å²) in [6.45, 7) is 5.68. The molecule has 0 unspecified atom stereocenters. The molecular formula is C37H41N7O4. The van der Waals surface area contributed by atoms with Crippen molar-refractivity contribution in [2.45, 2.75) is 57.7 Å². The van der Waals surface area contributed by atoms with E-state index in [1.165, 1.54) is 13.5 Å². The molecule has 4 N–H and O–H groups in total. The SMILES string of the molecule is COC(=O)N[C@H](C(=O)N1CCC[C@H]1CNC(=O)c1cnc2cc(-c3ccc4c(ccc5[nH]c([C@@H]6CCCN6)nc54)c3)ccc2c1)C(C)C. The van der Waals surface area contributed by atoms with Gasteiger partial charge in [-0.15, -0.1) is 0 Å². The number of carbonyl (C=O) groups is 3. The van der Waals surface area contributed by atoms with Crippen molar-refractivity contribution in [3.8, 4) is 11.1 Å². The molecule has 0 radical (unpaired) electrons. The van der Waals surface area contributed by atoms with Crippen LogP contribution in [0.15, 0.2) is 60.8 Å². The molecule has 248 valence electrons. The Morgan fingerprint density at radius 1 is 1.00 bits per heavy atom. The Bertz CT molecular complexity index is 2020. The number of nitrogens with zero attached hydrogens (tertiary/aromatic N) is 3. The van der Waals surface area contributed by atoms with E-state index in [0.29, 0.717) is 18.7 Å². The number of aromatic amines is 1. The minimum atomic E-state index is -0.697. The Labute approximate surface area is 278 Å². The molecule has 3 aromatic carbocycles. The summed E-state index contributed by atoms with van der Waals surface area (Å²) < 4.78 is 4.71. The molecule has 2 aromatic heterocycles. The van der Waals surface area contributed by atoms with E-state index in [-0.39, 0.29) is 29.8 Å². The third kappa shape index (κ3) is 6.17. The topological polar surface area (TPSA) is 141 Å². The fourth-order valence-electron chi connectivity index (χ4n) is 7.04. The molecular weight excluding hydrogens is 606 g/mol. The quantitative estimate of drug-likeness (QED) is 0.175. The number of imidazole rings is 1. The summed E-state index contributed by atoms with van der Waals surface area (Å²) in [4.78, 5) is 53.2. The molecule has 2 saturated heterocycles. The van der Waals surface area contributed by atoms with Crippen LogP contribution in [0.4, 0.5) is 4.79 Å². The summed E-state index contributed by atoms with van der Waals surface area (Å²) in [5, 5.41) is 12.3. The zero-order valence-electron chi connectivity index (χ0n) is 27.5. The summed E-state index contributed by atoms with van der Waals surface area (Å²) in [5.74, 6) is 0.487. The average Bonchev–Trinajstić information content (AvgIpc) is 3.89. The number of pyridine rings is 1. The third-order valence-electron chi connectivity index (χ3n) is 9.71. The summed E-state index contributed by atoms with van der Waals surface area (Å²) in [7, 11) is 1.28. The lowest BCUT2D eigenvalue weighted by Gasteiger charge is -2.30. The standard InChI is InChI=1S/C37H41N7O4/c1-21(2)32(43-37(47)48-3)36(46)44-15-5-6-27(44)20-40-35(45)26-17-25-9-8-23(18-31(25)39-19-26)22-10-12-28-24(16-22)11-13-29-33(28)42-34(41-29)30-7-4-14-38-30/h8-13,16-19,21,27,30,32,38H,4-7,14-15,20H2,1-3H3,(H,40,45)(H,41,42)(H,43,47)/t27-,30-,32-/m0/s1. The van der Waals surface area contributed by atoms with Crippen LogP contribution in [0.1, 0.15) is 61.8 Å². The number of ether oxygens (including phenoxy) is 1. The maximum absolute atomic E-state index is 13.3. The molecule has 11 nitrogen and oxygen atoms in total. The molecule has 0 saturated carbocycles. The van der Waals surface area contributed by atoms with Crippen molar-refractivity contribution in [2.75, 3.05) is 26.7 Å². The van der Waals surface area contributed by atoms with Crippen LogP contribution in [0.3, 0.4) is 0 Å². The fourth-order valence-corrected chi connectivity index (χ4v) is 7.04. The maximum Gasteiger partial charge on any atom is 0.407 e. The molecule has 0 spiro atoms. The van der Waals surface area contributed by atoms with E-state index in [1.54, 1.807) is 11.1 Å². The van der Waals surface area contributed by atoms with Crippen LogP contribution in [0.5, 0.6) is 0 Å². The van der Waals surface area contributed by atoms with Crippen molar-refractivity contribution in [3.05, 3.63) is 72.2 Å². The minimum absolute atomic E-state index is 0.113. The number of rotatable bonds is 8. The van der Waals surface area contributed by atoms with E-state index in [1.807, 2.05) is 32.0 Å². The highest BCUT2D eigenvalue weighted by Gasteiger charge is 2.35. The predicted molar refractivity (Wildman–Crippen MR) is 186 cm³/mol. The van der Waals surface area contributed by atoms with Gasteiger partial charge in [0.15, 0.2) is 0 Å². The second-order valence-electron chi connectivity index (χ2n) is 13.2. The number of aromatic nitrogens is 3. The van der Waals surface area contributed by atoms with Gasteiger partial charge in [0.05, 0.1) is 35.3 Å². The molecule has 0 bridgehead atoms. The van der Waals surface area contributed by atoms with Crippen LogP contribution in [0.2, 0.25) is 0 Å². The summed E-state index contributed by atoms with van der Waals surface area (Å²) in [6.07, 6.45) is 4.83. The molecule has 2 fully saturated rings. The second-order valence-corrected chi connectivity index (χ2v) is 13.2. The number of carbonyl (C=O) groups excluding carboxylic acids is 3. The normalized spacial score (nSPS) is 18.5. The zero-order chi connectivity index (χ0) is 33.4. The highest BCUT2D eigenvalue weighted by molar-refractivity contribution is 6.05.